The maximum atomic E-state index is 14.4. The van der Waals surface area contributed by atoms with E-state index in [1.54, 1.807) is 17.0 Å². The molecular formula is C30H21FN2O. The van der Waals surface area contributed by atoms with Crippen LogP contribution < -0.4 is 4.90 Å². The number of amides is 1. The number of para-hydroxylation sites is 3. The molecule has 0 unspecified atom stereocenters. The Morgan fingerprint density at radius 1 is 0.765 bits per heavy atom. The van der Waals surface area contributed by atoms with Crippen LogP contribution in [0.3, 0.4) is 0 Å². The third kappa shape index (κ3) is 3.32. The summed E-state index contributed by atoms with van der Waals surface area (Å²) in [5.74, 6) is -0.281. The maximum Gasteiger partial charge on any atom is 0.263 e. The largest absolute Gasteiger partial charge is 0.342 e. The molecule has 0 atom stereocenters. The lowest BCUT2D eigenvalue weighted by molar-refractivity contribution is -0.112. The second-order valence-corrected chi connectivity index (χ2v) is 8.37. The number of halogens is 1. The van der Waals surface area contributed by atoms with E-state index in [1.165, 1.54) is 6.07 Å². The van der Waals surface area contributed by atoms with Crippen molar-refractivity contribution in [2.75, 3.05) is 4.90 Å². The zero-order chi connectivity index (χ0) is 23.1. The van der Waals surface area contributed by atoms with Gasteiger partial charge in [0.25, 0.3) is 5.91 Å². The third-order valence-corrected chi connectivity index (χ3v) is 6.30. The molecule has 0 spiro atoms. The topological polar surface area (TPSA) is 25.2 Å². The van der Waals surface area contributed by atoms with Crippen molar-refractivity contribution in [1.82, 2.24) is 4.57 Å². The molecule has 2 heterocycles. The second-order valence-electron chi connectivity index (χ2n) is 8.37. The fraction of sp³-hybridized carbons (Fsp3) is 0.0333. The van der Waals surface area contributed by atoms with Crippen molar-refractivity contribution in [3.8, 4) is 0 Å². The van der Waals surface area contributed by atoms with Crippen molar-refractivity contribution < 1.29 is 9.18 Å². The van der Waals surface area contributed by atoms with Crippen LogP contribution in [0.4, 0.5) is 15.8 Å². The normalized spacial score (nSPS) is 14.2. The number of hydrogen-bond acceptors (Lipinski definition) is 1. The van der Waals surface area contributed by atoms with Gasteiger partial charge < -0.3 is 4.57 Å². The highest BCUT2D eigenvalue weighted by molar-refractivity contribution is 6.38. The van der Waals surface area contributed by atoms with Crippen LogP contribution in [0.15, 0.2) is 109 Å². The summed E-state index contributed by atoms with van der Waals surface area (Å²) in [4.78, 5) is 15.4. The van der Waals surface area contributed by atoms with Gasteiger partial charge >= 0.3 is 0 Å². The van der Waals surface area contributed by atoms with Gasteiger partial charge in [0.1, 0.15) is 5.82 Å². The van der Waals surface area contributed by atoms with Crippen LogP contribution in [0.1, 0.15) is 16.7 Å². The Hall–Kier alpha value is -4.44. The summed E-state index contributed by atoms with van der Waals surface area (Å²) in [5, 5.41) is 1.02. The smallest absolute Gasteiger partial charge is 0.263 e. The van der Waals surface area contributed by atoms with Gasteiger partial charge in [-0.25, -0.2) is 4.39 Å². The van der Waals surface area contributed by atoms with Gasteiger partial charge in [0, 0.05) is 39.5 Å². The Labute approximate surface area is 197 Å². The second kappa shape index (κ2) is 8.16. The van der Waals surface area contributed by atoms with Crippen LogP contribution in [-0.4, -0.2) is 10.5 Å². The van der Waals surface area contributed by atoms with Crippen molar-refractivity contribution >= 4 is 39.8 Å². The lowest BCUT2D eigenvalue weighted by Crippen LogP contribution is -2.20. The minimum Gasteiger partial charge on any atom is -0.342 e. The summed E-state index contributed by atoms with van der Waals surface area (Å²) >= 11 is 0. The molecule has 1 amide bonds. The Kier molecular flexibility index (Phi) is 4.84. The first kappa shape index (κ1) is 20.2. The number of carbonyl (C=O) groups is 1. The molecule has 3 nitrogen and oxygen atoms in total. The highest BCUT2D eigenvalue weighted by Gasteiger charge is 2.33. The van der Waals surface area contributed by atoms with Crippen molar-refractivity contribution in [3.63, 3.8) is 0 Å². The molecule has 0 radical (unpaired) electrons. The van der Waals surface area contributed by atoms with E-state index in [0.717, 1.165) is 33.4 Å². The lowest BCUT2D eigenvalue weighted by atomic mass is 10.0. The molecule has 34 heavy (non-hydrogen) atoms. The summed E-state index contributed by atoms with van der Waals surface area (Å²) in [7, 11) is 0. The van der Waals surface area contributed by atoms with E-state index in [2.05, 4.69) is 0 Å². The lowest BCUT2D eigenvalue weighted by Gasteiger charge is -2.16. The number of carbonyl (C=O) groups excluding carboxylic acids is 1. The van der Waals surface area contributed by atoms with Crippen LogP contribution in [-0.2, 0) is 11.3 Å². The van der Waals surface area contributed by atoms with Crippen LogP contribution >= 0.6 is 0 Å². The highest BCUT2D eigenvalue weighted by Crippen LogP contribution is 2.42. The summed E-state index contributed by atoms with van der Waals surface area (Å²) in [5.41, 5.74) is 5.82. The fourth-order valence-electron chi connectivity index (χ4n) is 4.70. The van der Waals surface area contributed by atoms with E-state index in [9.17, 15) is 9.18 Å². The molecule has 0 saturated carbocycles. The molecule has 0 saturated heterocycles. The van der Waals surface area contributed by atoms with E-state index in [-0.39, 0.29) is 11.7 Å². The standard InChI is InChI=1S/C30H21FN2O/c31-27-15-7-4-10-21(27)19-32-20-22(24-13-5-8-16-28(24)32)18-26-25-14-6-9-17-29(25)33(30(26)34)23-11-2-1-3-12-23/h1-18,20H,19H2. The highest BCUT2D eigenvalue weighted by atomic mass is 19.1. The third-order valence-electron chi connectivity index (χ3n) is 6.30. The average molecular weight is 445 g/mol. The molecule has 1 aliphatic rings. The molecule has 4 heteroatoms. The summed E-state index contributed by atoms with van der Waals surface area (Å²) in [6.07, 6.45) is 3.97. The maximum absolute atomic E-state index is 14.4. The Morgan fingerprint density at radius 3 is 2.32 bits per heavy atom. The predicted octanol–water partition coefficient (Wildman–Crippen LogP) is 7.05. The molecule has 5 aromatic rings. The molecular weight excluding hydrogens is 423 g/mol. The molecule has 0 fully saturated rings. The number of nitrogens with zero attached hydrogens (tertiary/aromatic N) is 2. The van der Waals surface area contributed by atoms with Gasteiger partial charge in [-0.15, -0.1) is 0 Å². The van der Waals surface area contributed by atoms with Gasteiger partial charge in [-0.05, 0) is 36.4 Å². The van der Waals surface area contributed by atoms with Crippen LogP contribution in [0.2, 0.25) is 0 Å². The van der Waals surface area contributed by atoms with Crippen molar-refractivity contribution in [2.45, 2.75) is 6.54 Å². The molecule has 6 rings (SSSR count). The van der Waals surface area contributed by atoms with E-state index in [4.69, 9.17) is 0 Å². The van der Waals surface area contributed by atoms with E-state index < -0.39 is 0 Å². The zero-order valence-electron chi connectivity index (χ0n) is 18.4. The van der Waals surface area contributed by atoms with Gasteiger partial charge in [-0.1, -0.05) is 72.8 Å². The number of aromatic nitrogens is 1. The monoisotopic (exact) mass is 444 g/mol. The van der Waals surface area contributed by atoms with E-state index >= 15 is 0 Å². The van der Waals surface area contributed by atoms with Gasteiger partial charge in [0.05, 0.1) is 17.8 Å². The van der Waals surface area contributed by atoms with Crippen molar-refractivity contribution in [3.05, 3.63) is 132 Å². The minimum absolute atomic E-state index is 0.0571. The number of hydrogen-bond donors (Lipinski definition) is 0. The van der Waals surface area contributed by atoms with Crippen LogP contribution in [0.25, 0.3) is 22.6 Å². The van der Waals surface area contributed by atoms with Gasteiger partial charge in [0.2, 0.25) is 0 Å². The Balaban J connectivity index is 1.48. The number of rotatable bonds is 4. The van der Waals surface area contributed by atoms with Gasteiger partial charge in [0.15, 0.2) is 0 Å². The van der Waals surface area contributed by atoms with Crippen molar-refractivity contribution in [2.24, 2.45) is 0 Å². The molecule has 0 bridgehead atoms. The molecule has 4 aromatic carbocycles. The predicted molar refractivity (Wildman–Crippen MR) is 135 cm³/mol. The Bertz CT molecular complexity index is 1570. The fourth-order valence-corrected chi connectivity index (χ4v) is 4.70. The summed E-state index contributed by atoms with van der Waals surface area (Å²) in [6, 6.07) is 32.4. The van der Waals surface area contributed by atoms with Crippen molar-refractivity contribution in [1.29, 1.82) is 0 Å². The van der Waals surface area contributed by atoms with Gasteiger partial charge in [-0.3, -0.25) is 9.69 Å². The quantitative estimate of drug-likeness (QED) is 0.273. The summed E-state index contributed by atoms with van der Waals surface area (Å²) < 4.78 is 16.4. The number of fused-ring (bicyclic) bond motifs is 2. The summed E-state index contributed by atoms with van der Waals surface area (Å²) in [6.45, 7) is 0.414. The first-order valence-electron chi connectivity index (χ1n) is 11.2. The van der Waals surface area contributed by atoms with Crippen LogP contribution in [0.5, 0.6) is 0 Å². The zero-order valence-corrected chi connectivity index (χ0v) is 18.4. The van der Waals surface area contributed by atoms with E-state index in [1.807, 2.05) is 102 Å². The molecule has 1 aromatic heterocycles. The SMILES string of the molecule is O=C1C(=Cc2cn(Cc3ccccc3F)c3ccccc23)c2ccccc2N1c1ccccc1. The number of benzene rings is 4. The van der Waals surface area contributed by atoms with Gasteiger partial charge in [-0.2, -0.15) is 0 Å². The molecule has 0 N–H and O–H groups in total. The Morgan fingerprint density at radius 2 is 1.47 bits per heavy atom. The molecule has 164 valence electrons. The average Bonchev–Trinajstić information content (AvgIpc) is 3.36. The first-order valence-corrected chi connectivity index (χ1v) is 11.2. The minimum atomic E-state index is -0.224. The molecule has 1 aliphatic heterocycles. The first-order chi connectivity index (χ1) is 16.7. The van der Waals surface area contributed by atoms with E-state index in [0.29, 0.717) is 17.7 Å². The number of anilines is 2. The molecule has 0 aliphatic carbocycles. The van der Waals surface area contributed by atoms with Crippen LogP contribution in [0, 0.1) is 5.82 Å².